The van der Waals surface area contributed by atoms with Gasteiger partial charge in [-0.25, -0.2) is 13.8 Å². The minimum Gasteiger partial charge on any atom is -0.508 e. The van der Waals surface area contributed by atoms with Crippen LogP contribution in [0.3, 0.4) is 0 Å². The summed E-state index contributed by atoms with van der Waals surface area (Å²) in [5.41, 5.74) is 4.13. The Balaban J connectivity index is 0.649. The molecule has 3 amide bonds. The number of aliphatic hydroxyl groups excluding tert-OH is 1. The number of anilines is 1. The maximum atomic E-state index is 17.1. The molecule has 5 N–H and O–H groups in total. The van der Waals surface area contributed by atoms with Crippen molar-refractivity contribution in [1.82, 2.24) is 45.8 Å². The number of pyridine rings is 1. The summed E-state index contributed by atoms with van der Waals surface area (Å²) in [6, 6.07) is 12.1. The number of rotatable bonds is 22. The summed E-state index contributed by atoms with van der Waals surface area (Å²) in [7, 11) is 0. The number of hydroxylamine groups is 2. The highest BCUT2D eigenvalue weighted by atomic mass is 32.1. The molecule has 4 aliphatic rings. The first-order valence-electron chi connectivity index (χ1n) is 29.7. The second-order valence-corrected chi connectivity index (χ2v) is 25.3. The van der Waals surface area contributed by atoms with Gasteiger partial charge in [0.1, 0.15) is 40.7 Å². The Labute approximate surface area is 489 Å². The third kappa shape index (κ3) is 13.7. The first kappa shape index (κ1) is 59.3. The van der Waals surface area contributed by atoms with Crippen molar-refractivity contribution >= 4 is 56.6 Å². The number of aromatic hydroxyl groups is 1. The number of phenols is 1. The molecular formula is C64H78F2N10O6S. The molecule has 7 heterocycles. The minimum atomic E-state index is -0.866. The van der Waals surface area contributed by atoms with Crippen LogP contribution < -0.4 is 25.7 Å². The number of hydrogen-bond donors (Lipinski definition) is 5. The number of β-amino-alcohol motifs (C(OH)–C–C–N with tert-alkyl or cyclic N) is 1. The van der Waals surface area contributed by atoms with E-state index in [2.05, 4.69) is 41.7 Å². The van der Waals surface area contributed by atoms with Crippen LogP contribution in [0.1, 0.15) is 147 Å². The Morgan fingerprint density at radius 3 is 2.30 bits per heavy atom. The van der Waals surface area contributed by atoms with Crippen molar-refractivity contribution in [3.05, 3.63) is 88.7 Å². The van der Waals surface area contributed by atoms with Gasteiger partial charge in [-0.1, -0.05) is 108 Å². The van der Waals surface area contributed by atoms with Crippen LogP contribution in [0.5, 0.6) is 11.8 Å². The standard InChI is InChI=1S/C64H78F2N10O6S/c1-7-48-51(65)26-23-43-29-46(77)30-49(54(43)48)56-55(66)57-50(32-67-56)60(74-34-44-24-25-45(35-74)70-44)73-63(72-57)82-75-28-27-40(33-75)17-15-13-11-9-8-10-12-14-16-18-53(79)71-59(64(4,5)6)62(81)76-36-47(78)31-52(76)61(80)69-38(2)41-19-21-42(22-20-41)58-39(3)68-37-83-58/h1,19-23,26,29-30,32,37-38,40,44-45,47,52,59,70,77-78H,8-18,24-25,27-28,31,33-36H2,2-6H3,(H,69,80)(H,71,79)/t38-,40?,44?,45?,47+,52-,59+/m0/s1. The molecule has 4 aliphatic heterocycles. The fraction of sp³-hybridized carbons (Fsp3) is 0.516. The third-order valence-electron chi connectivity index (χ3n) is 17.1. The molecule has 4 saturated heterocycles. The van der Waals surface area contributed by atoms with Crippen molar-refractivity contribution in [2.75, 3.05) is 37.6 Å². The van der Waals surface area contributed by atoms with Crippen molar-refractivity contribution in [2.24, 2.45) is 11.3 Å². The summed E-state index contributed by atoms with van der Waals surface area (Å²) >= 11 is 1.58. The lowest BCUT2D eigenvalue weighted by Gasteiger charge is -2.35. The van der Waals surface area contributed by atoms with E-state index in [9.17, 15) is 24.6 Å². The molecule has 0 aliphatic carbocycles. The van der Waals surface area contributed by atoms with E-state index in [0.717, 1.165) is 98.7 Å². The van der Waals surface area contributed by atoms with Crippen molar-refractivity contribution in [3.63, 3.8) is 0 Å². The Kier molecular flexibility index (Phi) is 18.6. The first-order chi connectivity index (χ1) is 39.9. The van der Waals surface area contributed by atoms with Gasteiger partial charge in [0.05, 0.1) is 39.2 Å². The lowest BCUT2D eigenvalue weighted by molar-refractivity contribution is -0.144. The van der Waals surface area contributed by atoms with Crippen LogP contribution in [0.4, 0.5) is 14.6 Å². The SMILES string of the molecule is C#Cc1c(F)ccc2cc(O)cc(-c3ncc4c(N5CC6CCC(C5)N6)nc(ON5CCC(CCCCCCCCCCCC(=O)N[C@H](C(=O)N6C[C@H](O)C[C@H]6C(=O)N[C@@H](C)c6ccc(-c7scnc7C)cc6)C(C)(C)C)C5)nc4c3F)c12. The zero-order chi connectivity index (χ0) is 58.5. The van der Waals surface area contributed by atoms with Gasteiger partial charge < -0.3 is 40.8 Å². The molecule has 2 bridgehead atoms. The number of fused-ring (bicyclic) bond motifs is 4. The van der Waals surface area contributed by atoms with Gasteiger partial charge in [0.15, 0.2) is 5.82 Å². The Morgan fingerprint density at radius 2 is 1.61 bits per heavy atom. The highest BCUT2D eigenvalue weighted by molar-refractivity contribution is 7.13. The molecule has 19 heteroatoms. The molecule has 3 aromatic carbocycles. The predicted octanol–water partition coefficient (Wildman–Crippen LogP) is 10.5. The van der Waals surface area contributed by atoms with E-state index in [-0.39, 0.29) is 88.3 Å². The molecule has 440 valence electrons. The number of likely N-dealkylation sites (tertiary alicyclic amines) is 1. The molecular weight excluding hydrogens is 1070 g/mol. The number of nitrogens with zero attached hydrogens (tertiary/aromatic N) is 7. The molecule has 0 radical (unpaired) electrons. The molecule has 4 fully saturated rings. The molecule has 3 unspecified atom stereocenters. The van der Waals surface area contributed by atoms with Gasteiger partial charge in [0.2, 0.25) is 17.7 Å². The van der Waals surface area contributed by atoms with Crippen LogP contribution in [0, 0.1) is 42.2 Å². The van der Waals surface area contributed by atoms with E-state index in [0.29, 0.717) is 61.5 Å². The molecule has 3 aromatic heterocycles. The van der Waals surface area contributed by atoms with Crippen LogP contribution in [0.25, 0.3) is 43.4 Å². The largest absolute Gasteiger partial charge is 0.508 e. The second kappa shape index (κ2) is 26.0. The van der Waals surface area contributed by atoms with Crippen LogP contribution in [-0.4, -0.2) is 121 Å². The number of aryl methyl sites for hydroxylation is 1. The highest BCUT2D eigenvalue weighted by Crippen LogP contribution is 2.40. The highest BCUT2D eigenvalue weighted by Gasteiger charge is 2.45. The molecule has 7 atom stereocenters. The monoisotopic (exact) mass is 1150 g/mol. The van der Waals surface area contributed by atoms with Crippen molar-refractivity contribution in [2.45, 2.75) is 167 Å². The third-order valence-corrected chi connectivity index (χ3v) is 18.1. The van der Waals surface area contributed by atoms with Crippen LogP contribution in [0.15, 0.2) is 60.2 Å². The smallest absolute Gasteiger partial charge is 0.338 e. The number of carbonyl (C=O) groups excluding carboxylic acids is 3. The predicted molar refractivity (Wildman–Crippen MR) is 319 cm³/mol. The van der Waals surface area contributed by atoms with Crippen LogP contribution in [0.2, 0.25) is 0 Å². The molecule has 6 aromatic rings. The molecule has 0 spiro atoms. The zero-order valence-electron chi connectivity index (χ0n) is 48.4. The van der Waals surface area contributed by atoms with Gasteiger partial charge >= 0.3 is 6.01 Å². The number of phenolic OH excluding ortho intramolecular Hbond substituents is 1. The fourth-order valence-electron chi connectivity index (χ4n) is 12.6. The zero-order valence-corrected chi connectivity index (χ0v) is 49.2. The minimum absolute atomic E-state index is 0.0148. The fourth-order valence-corrected chi connectivity index (χ4v) is 13.5. The van der Waals surface area contributed by atoms with Crippen molar-refractivity contribution in [3.8, 4) is 45.8 Å². The quantitative estimate of drug-likeness (QED) is 0.0318. The van der Waals surface area contributed by atoms with Gasteiger partial charge in [-0.2, -0.15) is 9.97 Å². The number of piperazine rings is 1. The van der Waals surface area contributed by atoms with E-state index in [4.69, 9.17) is 16.2 Å². The number of thiazole rings is 1. The summed E-state index contributed by atoms with van der Waals surface area (Å²) < 4.78 is 32.1. The van der Waals surface area contributed by atoms with Crippen molar-refractivity contribution in [1.29, 1.82) is 0 Å². The van der Waals surface area contributed by atoms with E-state index < -0.39 is 35.2 Å². The Bertz CT molecular complexity index is 3350. The van der Waals surface area contributed by atoms with Gasteiger partial charge in [0.25, 0.3) is 0 Å². The average molecular weight is 1150 g/mol. The van der Waals surface area contributed by atoms with Crippen LogP contribution in [-0.2, 0) is 14.4 Å². The van der Waals surface area contributed by atoms with E-state index in [1.807, 2.05) is 69.5 Å². The van der Waals surface area contributed by atoms with Gasteiger partial charge in [-0.05, 0) is 92.0 Å². The van der Waals surface area contributed by atoms with Gasteiger partial charge in [-0.3, -0.25) is 19.4 Å². The summed E-state index contributed by atoms with van der Waals surface area (Å²) in [6.45, 7) is 12.4. The molecule has 10 rings (SSSR count). The number of terminal acetylenes is 1. The summed E-state index contributed by atoms with van der Waals surface area (Å²) in [5, 5.41) is 34.1. The number of unbranched alkanes of at least 4 members (excludes halogenated alkanes) is 8. The summed E-state index contributed by atoms with van der Waals surface area (Å²) in [6.07, 6.45) is 20.4. The topological polar surface area (TPSA) is 198 Å². The lowest BCUT2D eigenvalue weighted by Crippen LogP contribution is -2.57. The van der Waals surface area contributed by atoms with Crippen LogP contribution >= 0.6 is 11.3 Å². The number of aromatic nitrogens is 4. The average Bonchev–Trinajstić information content (AvgIpc) is 4.00. The number of halogens is 2. The van der Waals surface area contributed by atoms with E-state index in [1.54, 1.807) is 17.5 Å². The number of benzene rings is 3. The first-order valence-corrected chi connectivity index (χ1v) is 30.6. The van der Waals surface area contributed by atoms with E-state index >= 15 is 8.78 Å². The maximum Gasteiger partial charge on any atom is 0.338 e. The number of amides is 3. The summed E-state index contributed by atoms with van der Waals surface area (Å²) in [5.74, 6) is 0.958. The van der Waals surface area contributed by atoms with Gasteiger partial charge in [-0.15, -0.1) is 22.8 Å². The second-order valence-electron chi connectivity index (χ2n) is 24.5. The normalized spacial score (nSPS) is 20.7. The van der Waals surface area contributed by atoms with Crippen molar-refractivity contribution < 1.29 is 38.2 Å². The lowest BCUT2D eigenvalue weighted by atomic mass is 9.85. The Morgan fingerprint density at radius 1 is 0.904 bits per heavy atom. The Hall–Kier alpha value is -6.85. The summed E-state index contributed by atoms with van der Waals surface area (Å²) in [4.78, 5) is 70.8. The number of hydrogen-bond acceptors (Lipinski definition) is 14. The number of aliphatic hydroxyl groups is 1. The molecule has 83 heavy (non-hydrogen) atoms. The molecule has 16 nitrogen and oxygen atoms in total. The maximum absolute atomic E-state index is 17.1. The molecule has 0 saturated carbocycles. The number of carbonyl (C=O) groups is 3. The van der Waals surface area contributed by atoms with Gasteiger partial charge in [0, 0.05) is 74.8 Å². The number of nitrogens with one attached hydrogen (secondary N) is 3. The van der Waals surface area contributed by atoms with E-state index in [1.165, 1.54) is 29.2 Å².